The molecule has 0 aliphatic heterocycles. The standard InChI is InChI=1S/C18H23N5O/c1-3-11-23(12-4-2)16-7-5-15(6-8-16)13-21-22-18(24)17-14-19-9-10-20-17/h5-10,13-14H,3-4,11-12H2,1-2H3,(H,22,24). The van der Waals surface area contributed by atoms with Gasteiger partial charge in [-0.2, -0.15) is 5.10 Å². The Hall–Kier alpha value is -2.76. The highest BCUT2D eigenvalue weighted by molar-refractivity contribution is 5.92. The summed E-state index contributed by atoms with van der Waals surface area (Å²) in [6, 6.07) is 8.14. The van der Waals surface area contributed by atoms with Gasteiger partial charge >= 0.3 is 0 Å². The van der Waals surface area contributed by atoms with E-state index in [0.29, 0.717) is 0 Å². The molecule has 0 aliphatic rings. The highest BCUT2D eigenvalue weighted by Gasteiger charge is 2.05. The maximum Gasteiger partial charge on any atom is 0.291 e. The molecular weight excluding hydrogens is 302 g/mol. The number of anilines is 1. The third kappa shape index (κ3) is 5.15. The summed E-state index contributed by atoms with van der Waals surface area (Å²) in [4.78, 5) is 21.9. The topological polar surface area (TPSA) is 70.5 Å². The predicted molar refractivity (Wildman–Crippen MR) is 96.3 cm³/mol. The third-order valence-electron chi connectivity index (χ3n) is 3.42. The number of rotatable bonds is 8. The molecule has 0 radical (unpaired) electrons. The van der Waals surface area contributed by atoms with Gasteiger partial charge < -0.3 is 4.90 Å². The molecule has 1 aromatic heterocycles. The van der Waals surface area contributed by atoms with E-state index >= 15 is 0 Å². The van der Waals surface area contributed by atoms with E-state index in [-0.39, 0.29) is 11.6 Å². The minimum Gasteiger partial charge on any atom is -0.372 e. The number of aromatic nitrogens is 2. The van der Waals surface area contributed by atoms with Crippen LogP contribution in [-0.2, 0) is 0 Å². The number of hydrogen-bond donors (Lipinski definition) is 1. The maximum atomic E-state index is 11.8. The Labute approximate surface area is 142 Å². The van der Waals surface area contributed by atoms with Crippen LogP contribution in [0.2, 0.25) is 0 Å². The molecule has 1 N–H and O–H groups in total. The smallest absolute Gasteiger partial charge is 0.291 e. The molecule has 1 amide bonds. The highest BCUT2D eigenvalue weighted by atomic mass is 16.2. The van der Waals surface area contributed by atoms with Gasteiger partial charge in [0.15, 0.2) is 0 Å². The molecule has 0 saturated carbocycles. The predicted octanol–water partition coefficient (Wildman–Crippen LogP) is 2.87. The van der Waals surface area contributed by atoms with Crippen LogP contribution < -0.4 is 10.3 Å². The summed E-state index contributed by atoms with van der Waals surface area (Å²) < 4.78 is 0. The van der Waals surface area contributed by atoms with Gasteiger partial charge in [0.05, 0.1) is 12.4 Å². The van der Waals surface area contributed by atoms with Gasteiger partial charge in [-0.1, -0.05) is 26.0 Å². The second kappa shape index (κ2) is 9.39. The van der Waals surface area contributed by atoms with Crippen LogP contribution >= 0.6 is 0 Å². The lowest BCUT2D eigenvalue weighted by atomic mass is 10.2. The van der Waals surface area contributed by atoms with Gasteiger partial charge in [0, 0.05) is 31.2 Å². The van der Waals surface area contributed by atoms with E-state index in [2.05, 4.69) is 51.4 Å². The number of nitrogens with zero attached hydrogens (tertiary/aromatic N) is 4. The Morgan fingerprint density at radius 2 is 1.88 bits per heavy atom. The quantitative estimate of drug-likeness (QED) is 0.598. The number of nitrogens with one attached hydrogen (secondary N) is 1. The van der Waals surface area contributed by atoms with Crippen molar-refractivity contribution in [2.75, 3.05) is 18.0 Å². The Balaban J connectivity index is 1.94. The summed E-state index contributed by atoms with van der Waals surface area (Å²) in [5.41, 5.74) is 4.81. The van der Waals surface area contributed by atoms with Crippen molar-refractivity contribution in [3.63, 3.8) is 0 Å². The van der Waals surface area contributed by atoms with Crippen molar-refractivity contribution in [1.29, 1.82) is 0 Å². The molecule has 0 aliphatic carbocycles. The van der Waals surface area contributed by atoms with Gasteiger partial charge in [0.2, 0.25) is 0 Å². The molecule has 0 bridgehead atoms. The molecule has 0 unspecified atom stereocenters. The summed E-state index contributed by atoms with van der Waals surface area (Å²) in [6.07, 6.45) is 8.24. The first-order valence-corrected chi connectivity index (χ1v) is 8.19. The lowest BCUT2D eigenvalue weighted by molar-refractivity contribution is 0.0949. The Morgan fingerprint density at radius 3 is 2.46 bits per heavy atom. The van der Waals surface area contributed by atoms with Crippen molar-refractivity contribution in [3.8, 4) is 0 Å². The molecule has 126 valence electrons. The van der Waals surface area contributed by atoms with Gasteiger partial charge in [-0.3, -0.25) is 9.78 Å². The molecule has 0 fully saturated rings. The monoisotopic (exact) mass is 325 g/mol. The second-order valence-electron chi connectivity index (χ2n) is 5.37. The number of carbonyl (C=O) groups excluding carboxylic acids is 1. The fraction of sp³-hybridized carbons (Fsp3) is 0.333. The lowest BCUT2D eigenvalue weighted by Gasteiger charge is -2.23. The fourth-order valence-electron chi connectivity index (χ4n) is 2.32. The van der Waals surface area contributed by atoms with Crippen LogP contribution in [0, 0.1) is 0 Å². The fourth-order valence-corrected chi connectivity index (χ4v) is 2.32. The Kier molecular flexibility index (Phi) is 6.89. The second-order valence-corrected chi connectivity index (χ2v) is 5.37. The van der Waals surface area contributed by atoms with Crippen molar-refractivity contribution < 1.29 is 4.79 Å². The van der Waals surface area contributed by atoms with Gasteiger partial charge in [-0.05, 0) is 30.5 Å². The molecule has 2 aromatic rings. The van der Waals surface area contributed by atoms with Crippen molar-refractivity contribution in [3.05, 3.63) is 54.1 Å². The molecule has 24 heavy (non-hydrogen) atoms. The number of benzene rings is 1. The van der Waals surface area contributed by atoms with Crippen molar-refractivity contribution in [2.24, 2.45) is 5.10 Å². The lowest BCUT2D eigenvalue weighted by Crippen LogP contribution is -2.24. The van der Waals surface area contributed by atoms with Gasteiger partial charge in [0.25, 0.3) is 5.91 Å². The van der Waals surface area contributed by atoms with Crippen LogP contribution in [0.25, 0.3) is 0 Å². The highest BCUT2D eigenvalue weighted by Crippen LogP contribution is 2.15. The zero-order valence-electron chi connectivity index (χ0n) is 14.1. The van der Waals surface area contributed by atoms with E-state index < -0.39 is 0 Å². The van der Waals surface area contributed by atoms with E-state index in [0.717, 1.165) is 31.5 Å². The van der Waals surface area contributed by atoms with E-state index in [1.54, 1.807) is 6.21 Å². The first-order chi connectivity index (χ1) is 11.7. The molecule has 0 atom stereocenters. The normalized spacial score (nSPS) is 10.8. The summed E-state index contributed by atoms with van der Waals surface area (Å²) in [7, 11) is 0. The van der Waals surface area contributed by atoms with Crippen LogP contribution in [0.5, 0.6) is 0 Å². The molecule has 1 aromatic carbocycles. The molecule has 6 heteroatoms. The van der Waals surface area contributed by atoms with Crippen LogP contribution in [0.3, 0.4) is 0 Å². The molecule has 1 heterocycles. The minimum atomic E-state index is -0.381. The van der Waals surface area contributed by atoms with Gasteiger partial charge in [-0.15, -0.1) is 0 Å². The molecule has 0 spiro atoms. The molecule has 0 saturated heterocycles. The van der Waals surface area contributed by atoms with Crippen LogP contribution in [0.15, 0.2) is 48.0 Å². The van der Waals surface area contributed by atoms with Crippen LogP contribution in [-0.4, -0.2) is 35.2 Å². The van der Waals surface area contributed by atoms with Crippen molar-refractivity contribution in [2.45, 2.75) is 26.7 Å². The molecule has 6 nitrogen and oxygen atoms in total. The van der Waals surface area contributed by atoms with E-state index in [4.69, 9.17) is 0 Å². The average Bonchev–Trinajstić information content (AvgIpc) is 2.63. The SMILES string of the molecule is CCCN(CCC)c1ccc(C=NNC(=O)c2cnccn2)cc1. The van der Waals surface area contributed by atoms with Gasteiger partial charge in [-0.25, -0.2) is 10.4 Å². The number of hydrazone groups is 1. The summed E-state index contributed by atoms with van der Waals surface area (Å²) in [5, 5.41) is 3.96. The van der Waals surface area contributed by atoms with Crippen molar-refractivity contribution in [1.82, 2.24) is 15.4 Å². The van der Waals surface area contributed by atoms with Crippen LogP contribution in [0.1, 0.15) is 42.7 Å². The summed E-state index contributed by atoms with van der Waals surface area (Å²) >= 11 is 0. The first kappa shape index (κ1) is 17.6. The number of carbonyl (C=O) groups is 1. The largest absolute Gasteiger partial charge is 0.372 e. The van der Waals surface area contributed by atoms with Gasteiger partial charge in [0.1, 0.15) is 5.69 Å². The van der Waals surface area contributed by atoms with E-state index in [9.17, 15) is 4.79 Å². The Morgan fingerprint density at radius 1 is 1.17 bits per heavy atom. The summed E-state index contributed by atoms with van der Waals surface area (Å²) in [6.45, 7) is 6.47. The third-order valence-corrected chi connectivity index (χ3v) is 3.42. The average molecular weight is 325 g/mol. The zero-order chi connectivity index (χ0) is 17.2. The minimum absolute atomic E-state index is 0.236. The number of amides is 1. The summed E-state index contributed by atoms with van der Waals surface area (Å²) in [5.74, 6) is -0.381. The Bertz CT molecular complexity index is 649. The van der Waals surface area contributed by atoms with Crippen molar-refractivity contribution >= 4 is 17.8 Å². The zero-order valence-corrected chi connectivity index (χ0v) is 14.1. The molecular formula is C18H23N5O. The molecule has 2 rings (SSSR count). The number of hydrogen-bond acceptors (Lipinski definition) is 5. The van der Waals surface area contributed by atoms with E-state index in [1.165, 1.54) is 24.3 Å². The maximum absolute atomic E-state index is 11.8. The van der Waals surface area contributed by atoms with Crippen LogP contribution in [0.4, 0.5) is 5.69 Å². The first-order valence-electron chi connectivity index (χ1n) is 8.19. The van der Waals surface area contributed by atoms with E-state index in [1.807, 2.05) is 12.1 Å².